The summed E-state index contributed by atoms with van der Waals surface area (Å²) in [7, 11) is 0. The molecule has 6 nitrogen and oxygen atoms in total. The molecular formula is C14H9N5O. The van der Waals surface area contributed by atoms with Crippen molar-refractivity contribution >= 4 is 12.0 Å². The van der Waals surface area contributed by atoms with Gasteiger partial charge in [0, 0.05) is 5.56 Å². The Balaban J connectivity index is 3.24. The Labute approximate surface area is 115 Å². The molecule has 1 aromatic carbocycles. The zero-order valence-corrected chi connectivity index (χ0v) is 10.3. The van der Waals surface area contributed by atoms with Crippen LogP contribution >= 0.6 is 0 Å². The van der Waals surface area contributed by atoms with Crippen LogP contribution in [0.15, 0.2) is 41.1 Å². The maximum Gasteiger partial charge on any atom is 0.248 e. The number of nitrogens with two attached hydrogens (primary N) is 2. The average molecular weight is 263 g/mol. The van der Waals surface area contributed by atoms with Crippen LogP contribution in [0.25, 0.3) is 6.08 Å². The summed E-state index contributed by atoms with van der Waals surface area (Å²) < 4.78 is 0. The molecular weight excluding hydrogens is 254 g/mol. The van der Waals surface area contributed by atoms with E-state index in [1.807, 2.05) is 6.07 Å². The zero-order valence-electron chi connectivity index (χ0n) is 10.3. The number of benzene rings is 1. The summed E-state index contributed by atoms with van der Waals surface area (Å²) in [6.07, 6.45) is 1.41. The van der Waals surface area contributed by atoms with Crippen LogP contribution in [0.2, 0.25) is 0 Å². The van der Waals surface area contributed by atoms with E-state index in [0.29, 0.717) is 11.1 Å². The molecule has 0 unspecified atom stereocenters. The third-order valence-corrected chi connectivity index (χ3v) is 2.41. The first kappa shape index (κ1) is 14.5. The van der Waals surface area contributed by atoms with Gasteiger partial charge in [0.1, 0.15) is 18.2 Å². The molecule has 0 bridgehead atoms. The zero-order chi connectivity index (χ0) is 15.1. The van der Waals surface area contributed by atoms with Crippen molar-refractivity contribution in [2.75, 3.05) is 0 Å². The minimum atomic E-state index is -0.559. The molecule has 1 rings (SSSR count). The first-order valence-electron chi connectivity index (χ1n) is 5.35. The van der Waals surface area contributed by atoms with E-state index in [2.05, 4.69) is 0 Å². The van der Waals surface area contributed by atoms with Gasteiger partial charge in [0.2, 0.25) is 5.91 Å². The number of carbonyl (C=O) groups excluding carboxylic acids is 1. The SMILES string of the molecule is N#CC(C#N)=C(N)/C(C#N)=C/c1ccc(C(N)=O)cc1. The van der Waals surface area contributed by atoms with E-state index in [9.17, 15) is 4.79 Å². The summed E-state index contributed by atoms with van der Waals surface area (Å²) in [4.78, 5) is 10.9. The fourth-order valence-electron chi connectivity index (χ4n) is 1.36. The summed E-state index contributed by atoms with van der Waals surface area (Å²) in [6, 6.07) is 11.2. The number of primary amides is 1. The summed E-state index contributed by atoms with van der Waals surface area (Å²) in [6.45, 7) is 0. The lowest BCUT2D eigenvalue weighted by molar-refractivity contribution is 0.100. The van der Waals surface area contributed by atoms with Gasteiger partial charge in [-0.05, 0) is 23.8 Å². The summed E-state index contributed by atoms with van der Waals surface area (Å²) in [5.41, 5.74) is 11.1. The molecule has 0 atom stereocenters. The molecule has 0 aliphatic rings. The van der Waals surface area contributed by atoms with Crippen LogP contribution in [0.5, 0.6) is 0 Å². The highest BCUT2D eigenvalue weighted by Gasteiger charge is 2.08. The summed E-state index contributed by atoms with van der Waals surface area (Å²) in [5, 5.41) is 26.4. The molecule has 0 radical (unpaired) electrons. The van der Waals surface area contributed by atoms with E-state index in [4.69, 9.17) is 27.3 Å². The topological polar surface area (TPSA) is 140 Å². The number of allylic oxidation sites excluding steroid dienone is 2. The van der Waals surface area contributed by atoms with Crippen LogP contribution in [-0.4, -0.2) is 5.91 Å². The molecule has 1 aromatic rings. The van der Waals surface area contributed by atoms with Crippen molar-refractivity contribution in [1.82, 2.24) is 0 Å². The van der Waals surface area contributed by atoms with Crippen LogP contribution in [0.4, 0.5) is 0 Å². The van der Waals surface area contributed by atoms with Gasteiger partial charge in [-0.15, -0.1) is 0 Å². The average Bonchev–Trinajstić information content (AvgIpc) is 2.46. The summed E-state index contributed by atoms with van der Waals surface area (Å²) >= 11 is 0. The second-order valence-corrected chi connectivity index (χ2v) is 3.67. The molecule has 0 fully saturated rings. The van der Waals surface area contributed by atoms with Gasteiger partial charge in [-0.25, -0.2) is 0 Å². The fraction of sp³-hybridized carbons (Fsp3) is 0. The molecule has 96 valence electrons. The van der Waals surface area contributed by atoms with Gasteiger partial charge >= 0.3 is 0 Å². The van der Waals surface area contributed by atoms with Gasteiger partial charge in [-0.2, -0.15) is 15.8 Å². The molecule has 0 aromatic heterocycles. The van der Waals surface area contributed by atoms with E-state index < -0.39 is 5.91 Å². The van der Waals surface area contributed by atoms with Crippen LogP contribution in [0.3, 0.4) is 0 Å². The van der Waals surface area contributed by atoms with E-state index in [-0.39, 0.29) is 16.8 Å². The number of rotatable bonds is 3. The lowest BCUT2D eigenvalue weighted by Crippen LogP contribution is -2.10. The molecule has 6 heteroatoms. The summed E-state index contributed by atoms with van der Waals surface area (Å²) in [5.74, 6) is -0.559. The highest BCUT2D eigenvalue weighted by molar-refractivity contribution is 5.93. The molecule has 0 aliphatic heterocycles. The van der Waals surface area contributed by atoms with Gasteiger partial charge in [-0.3, -0.25) is 4.79 Å². The Morgan fingerprint density at radius 1 is 1.00 bits per heavy atom. The van der Waals surface area contributed by atoms with Crippen molar-refractivity contribution in [2.45, 2.75) is 0 Å². The van der Waals surface area contributed by atoms with Crippen LogP contribution in [0, 0.1) is 34.0 Å². The monoisotopic (exact) mass is 263 g/mol. The Morgan fingerprint density at radius 2 is 1.55 bits per heavy atom. The Bertz CT molecular complexity index is 705. The molecule has 0 heterocycles. The third kappa shape index (κ3) is 3.22. The van der Waals surface area contributed by atoms with Crippen LogP contribution in [-0.2, 0) is 0 Å². The molecule has 0 spiro atoms. The first-order chi connectivity index (χ1) is 9.53. The van der Waals surface area contributed by atoms with Crippen molar-refractivity contribution in [3.8, 4) is 18.2 Å². The number of nitriles is 3. The standard InChI is InChI=1S/C14H9N5O/c15-6-11(13(18)12(7-16)8-17)5-9-1-3-10(4-2-9)14(19)20/h1-5H,18H2,(H2,19,20)/b11-5+. The van der Waals surface area contributed by atoms with E-state index in [1.165, 1.54) is 18.2 Å². The molecule has 0 saturated heterocycles. The van der Waals surface area contributed by atoms with Gasteiger partial charge in [-0.1, -0.05) is 12.1 Å². The van der Waals surface area contributed by atoms with Gasteiger partial charge in [0.15, 0.2) is 5.57 Å². The smallest absolute Gasteiger partial charge is 0.248 e. The highest BCUT2D eigenvalue weighted by atomic mass is 16.1. The number of carbonyl (C=O) groups is 1. The number of hydrogen-bond acceptors (Lipinski definition) is 5. The Kier molecular flexibility index (Phi) is 4.64. The molecule has 20 heavy (non-hydrogen) atoms. The minimum absolute atomic E-state index is 0.00470. The van der Waals surface area contributed by atoms with Crippen molar-refractivity contribution < 1.29 is 4.79 Å². The Hall–Kier alpha value is -3.56. The maximum atomic E-state index is 10.9. The lowest BCUT2D eigenvalue weighted by atomic mass is 10.0. The van der Waals surface area contributed by atoms with E-state index in [1.54, 1.807) is 24.3 Å². The Morgan fingerprint density at radius 3 is 1.95 bits per heavy atom. The van der Waals surface area contributed by atoms with Crippen LogP contribution < -0.4 is 11.5 Å². The van der Waals surface area contributed by atoms with Crippen molar-refractivity contribution in [1.29, 1.82) is 15.8 Å². The van der Waals surface area contributed by atoms with E-state index in [0.717, 1.165) is 0 Å². The normalized spacial score (nSPS) is 9.75. The molecule has 1 amide bonds. The van der Waals surface area contributed by atoms with Crippen molar-refractivity contribution in [3.05, 3.63) is 52.2 Å². The lowest BCUT2D eigenvalue weighted by Gasteiger charge is -2.00. The number of nitrogens with zero attached hydrogens (tertiary/aromatic N) is 3. The second-order valence-electron chi connectivity index (χ2n) is 3.67. The molecule has 0 aliphatic carbocycles. The maximum absolute atomic E-state index is 10.9. The molecule has 4 N–H and O–H groups in total. The van der Waals surface area contributed by atoms with Gasteiger partial charge < -0.3 is 11.5 Å². The predicted molar refractivity (Wildman–Crippen MR) is 71.0 cm³/mol. The van der Waals surface area contributed by atoms with E-state index >= 15 is 0 Å². The molecule has 0 saturated carbocycles. The minimum Gasteiger partial charge on any atom is -0.396 e. The fourth-order valence-corrected chi connectivity index (χ4v) is 1.36. The van der Waals surface area contributed by atoms with Gasteiger partial charge in [0.05, 0.1) is 11.3 Å². The predicted octanol–water partition coefficient (Wildman–Crippen LogP) is 0.952. The number of amides is 1. The first-order valence-corrected chi connectivity index (χ1v) is 5.35. The highest BCUT2D eigenvalue weighted by Crippen LogP contribution is 2.14. The largest absolute Gasteiger partial charge is 0.396 e. The quantitative estimate of drug-likeness (QED) is 0.617. The van der Waals surface area contributed by atoms with Crippen molar-refractivity contribution in [3.63, 3.8) is 0 Å². The van der Waals surface area contributed by atoms with Gasteiger partial charge in [0.25, 0.3) is 0 Å². The second kappa shape index (κ2) is 6.39. The number of hydrogen-bond donors (Lipinski definition) is 2. The van der Waals surface area contributed by atoms with Crippen LogP contribution in [0.1, 0.15) is 15.9 Å². The third-order valence-electron chi connectivity index (χ3n) is 2.41. The van der Waals surface area contributed by atoms with Crippen molar-refractivity contribution in [2.24, 2.45) is 11.5 Å².